The van der Waals surface area contributed by atoms with Crippen molar-refractivity contribution in [1.29, 1.82) is 0 Å². The molecular formula is C13H8F3NO. The predicted octanol–water partition coefficient (Wildman–Crippen LogP) is 3.36. The Morgan fingerprint density at radius 1 is 0.944 bits per heavy atom. The van der Waals surface area contributed by atoms with Crippen LogP contribution >= 0.6 is 0 Å². The first-order valence-electron chi connectivity index (χ1n) is 5.09. The summed E-state index contributed by atoms with van der Waals surface area (Å²) in [7, 11) is 0. The lowest BCUT2D eigenvalue weighted by Crippen LogP contribution is -2.14. The van der Waals surface area contributed by atoms with E-state index in [-0.39, 0.29) is 11.3 Å². The van der Waals surface area contributed by atoms with Gasteiger partial charge in [0, 0.05) is 6.07 Å². The molecule has 1 amide bonds. The maximum Gasteiger partial charge on any atom is 0.258 e. The second kappa shape index (κ2) is 4.91. The molecular weight excluding hydrogens is 243 g/mol. The third-order valence-corrected chi connectivity index (χ3v) is 2.30. The van der Waals surface area contributed by atoms with Crippen molar-refractivity contribution < 1.29 is 18.0 Å². The highest BCUT2D eigenvalue weighted by Gasteiger charge is 2.13. The van der Waals surface area contributed by atoms with Gasteiger partial charge in [-0.15, -0.1) is 0 Å². The minimum absolute atomic E-state index is 0.204. The molecule has 0 aliphatic carbocycles. The minimum Gasteiger partial charge on any atom is -0.319 e. The molecule has 2 aromatic carbocycles. The van der Waals surface area contributed by atoms with Crippen molar-refractivity contribution in [2.24, 2.45) is 0 Å². The Balaban J connectivity index is 2.24. The fourth-order valence-electron chi connectivity index (χ4n) is 1.43. The molecule has 0 saturated carbocycles. The molecule has 2 aromatic rings. The van der Waals surface area contributed by atoms with Gasteiger partial charge in [0.1, 0.15) is 17.5 Å². The first kappa shape index (κ1) is 12.2. The van der Waals surface area contributed by atoms with Crippen LogP contribution in [0.3, 0.4) is 0 Å². The lowest BCUT2D eigenvalue weighted by atomic mass is 10.2. The number of hydrogen-bond donors (Lipinski definition) is 1. The molecule has 0 atom stereocenters. The standard InChI is InChI=1S/C13H8F3NO/c14-8-5-6-12(11(16)7-8)17-13(18)9-3-1-2-4-10(9)15/h1-7H,(H,17,18). The Labute approximate surface area is 101 Å². The highest BCUT2D eigenvalue weighted by molar-refractivity contribution is 6.04. The summed E-state index contributed by atoms with van der Waals surface area (Å²) in [5.74, 6) is -3.17. The molecule has 0 aromatic heterocycles. The van der Waals surface area contributed by atoms with Crippen LogP contribution in [-0.4, -0.2) is 5.91 Å². The van der Waals surface area contributed by atoms with E-state index in [4.69, 9.17) is 0 Å². The van der Waals surface area contributed by atoms with E-state index in [1.54, 1.807) is 0 Å². The van der Waals surface area contributed by atoms with Gasteiger partial charge < -0.3 is 5.32 Å². The second-order valence-corrected chi connectivity index (χ2v) is 3.56. The quantitative estimate of drug-likeness (QED) is 0.871. The summed E-state index contributed by atoms with van der Waals surface area (Å²) in [6, 6.07) is 8.02. The van der Waals surface area contributed by atoms with Gasteiger partial charge >= 0.3 is 0 Å². The maximum absolute atomic E-state index is 13.3. The van der Waals surface area contributed by atoms with Gasteiger partial charge in [-0.25, -0.2) is 13.2 Å². The Morgan fingerprint density at radius 3 is 2.33 bits per heavy atom. The number of benzene rings is 2. The van der Waals surface area contributed by atoms with Gasteiger partial charge in [0.05, 0.1) is 11.3 Å². The lowest BCUT2D eigenvalue weighted by molar-refractivity contribution is 0.102. The van der Waals surface area contributed by atoms with Crippen molar-refractivity contribution in [2.45, 2.75) is 0 Å². The first-order chi connectivity index (χ1) is 8.58. The number of carbonyl (C=O) groups is 1. The highest BCUT2D eigenvalue weighted by Crippen LogP contribution is 2.16. The lowest BCUT2D eigenvalue weighted by Gasteiger charge is -2.06. The number of nitrogens with one attached hydrogen (secondary N) is 1. The number of carbonyl (C=O) groups excluding carboxylic acids is 1. The van der Waals surface area contributed by atoms with Gasteiger partial charge in [-0.3, -0.25) is 4.79 Å². The largest absolute Gasteiger partial charge is 0.319 e. The molecule has 0 unspecified atom stereocenters. The topological polar surface area (TPSA) is 29.1 Å². The van der Waals surface area contributed by atoms with E-state index in [0.717, 1.165) is 18.2 Å². The maximum atomic E-state index is 13.3. The Hall–Kier alpha value is -2.30. The van der Waals surface area contributed by atoms with Crippen LogP contribution in [0.25, 0.3) is 0 Å². The van der Waals surface area contributed by atoms with Crippen LogP contribution in [0.15, 0.2) is 42.5 Å². The van der Waals surface area contributed by atoms with Crippen molar-refractivity contribution in [3.05, 3.63) is 65.5 Å². The monoisotopic (exact) mass is 251 g/mol. The smallest absolute Gasteiger partial charge is 0.258 e. The van der Waals surface area contributed by atoms with Crippen molar-refractivity contribution in [1.82, 2.24) is 0 Å². The summed E-state index contributed by atoms with van der Waals surface area (Å²) >= 11 is 0. The van der Waals surface area contributed by atoms with Crippen LogP contribution in [0.4, 0.5) is 18.9 Å². The number of halogens is 3. The summed E-state index contributed by atoms with van der Waals surface area (Å²) in [5, 5.41) is 2.17. The van der Waals surface area contributed by atoms with E-state index in [1.807, 2.05) is 0 Å². The normalized spacial score (nSPS) is 10.2. The molecule has 1 N–H and O–H groups in total. The number of amides is 1. The molecule has 0 aliphatic heterocycles. The Bertz CT molecular complexity index is 599. The van der Waals surface area contributed by atoms with E-state index in [1.165, 1.54) is 18.2 Å². The summed E-state index contributed by atoms with van der Waals surface area (Å²) in [6.45, 7) is 0. The Kier molecular flexibility index (Phi) is 3.32. The number of rotatable bonds is 2. The molecule has 0 aliphatic rings. The fourth-order valence-corrected chi connectivity index (χ4v) is 1.43. The molecule has 2 rings (SSSR count). The summed E-state index contributed by atoms with van der Waals surface area (Å²) in [4.78, 5) is 11.7. The van der Waals surface area contributed by atoms with Crippen molar-refractivity contribution >= 4 is 11.6 Å². The first-order valence-corrected chi connectivity index (χ1v) is 5.09. The van der Waals surface area contributed by atoms with Crippen molar-refractivity contribution in [2.75, 3.05) is 5.32 Å². The zero-order chi connectivity index (χ0) is 13.1. The number of hydrogen-bond acceptors (Lipinski definition) is 1. The van der Waals surface area contributed by atoms with E-state index in [2.05, 4.69) is 5.32 Å². The van der Waals surface area contributed by atoms with Crippen molar-refractivity contribution in [3.8, 4) is 0 Å². The summed E-state index contributed by atoms with van der Waals surface area (Å²) < 4.78 is 39.2. The zero-order valence-electron chi connectivity index (χ0n) is 9.08. The fraction of sp³-hybridized carbons (Fsp3) is 0. The van der Waals surface area contributed by atoms with Crippen LogP contribution in [0.5, 0.6) is 0 Å². The molecule has 18 heavy (non-hydrogen) atoms. The Morgan fingerprint density at radius 2 is 1.67 bits per heavy atom. The molecule has 0 fully saturated rings. The molecule has 0 spiro atoms. The molecule has 0 radical (unpaired) electrons. The average Bonchev–Trinajstić information content (AvgIpc) is 2.33. The molecule has 2 nitrogen and oxygen atoms in total. The zero-order valence-corrected chi connectivity index (χ0v) is 9.08. The third-order valence-electron chi connectivity index (χ3n) is 2.30. The predicted molar refractivity (Wildman–Crippen MR) is 60.7 cm³/mol. The van der Waals surface area contributed by atoms with Crippen LogP contribution in [0, 0.1) is 17.5 Å². The SMILES string of the molecule is O=C(Nc1ccc(F)cc1F)c1ccccc1F. The second-order valence-electron chi connectivity index (χ2n) is 3.56. The molecule has 0 heterocycles. The van der Waals surface area contributed by atoms with Crippen LogP contribution in [0.1, 0.15) is 10.4 Å². The van der Waals surface area contributed by atoms with Gasteiger partial charge in [-0.2, -0.15) is 0 Å². The molecule has 0 saturated heterocycles. The van der Waals surface area contributed by atoms with Gasteiger partial charge in [0.25, 0.3) is 5.91 Å². The minimum atomic E-state index is -0.917. The van der Waals surface area contributed by atoms with Gasteiger partial charge in [-0.05, 0) is 24.3 Å². The molecule has 5 heteroatoms. The summed E-state index contributed by atoms with van der Waals surface area (Å²) in [6.07, 6.45) is 0. The number of anilines is 1. The van der Waals surface area contributed by atoms with Crippen LogP contribution < -0.4 is 5.32 Å². The van der Waals surface area contributed by atoms with Crippen LogP contribution in [0.2, 0.25) is 0 Å². The average molecular weight is 251 g/mol. The van der Waals surface area contributed by atoms with Crippen molar-refractivity contribution in [3.63, 3.8) is 0 Å². The molecule has 0 bridgehead atoms. The van der Waals surface area contributed by atoms with E-state index in [9.17, 15) is 18.0 Å². The molecule has 92 valence electrons. The summed E-state index contributed by atoms with van der Waals surface area (Å²) in [5.41, 5.74) is -0.411. The van der Waals surface area contributed by atoms with E-state index < -0.39 is 23.4 Å². The third kappa shape index (κ3) is 2.51. The van der Waals surface area contributed by atoms with E-state index in [0.29, 0.717) is 6.07 Å². The van der Waals surface area contributed by atoms with Gasteiger partial charge in [-0.1, -0.05) is 12.1 Å². The highest BCUT2D eigenvalue weighted by atomic mass is 19.1. The van der Waals surface area contributed by atoms with E-state index >= 15 is 0 Å². The van der Waals surface area contributed by atoms with Gasteiger partial charge in [0.15, 0.2) is 0 Å². The van der Waals surface area contributed by atoms with Gasteiger partial charge in [0.2, 0.25) is 0 Å². The van der Waals surface area contributed by atoms with Crippen LogP contribution in [-0.2, 0) is 0 Å².